The fourth-order valence-electron chi connectivity index (χ4n) is 13.6. The van der Waals surface area contributed by atoms with Gasteiger partial charge in [-0.05, 0) is 243 Å². The minimum atomic E-state index is 0.229. The first-order chi connectivity index (χ1) is 34.7. The third kappa shape index (κ3) is 8.58. The lowest BCUT2D eigenvalue weighted by molar-refractivity contribution is -0.0281. The lowest BCUT2D eigenvalue weighted by atomic mass is 9.42. The summed E-state index contributed by atoms with van der Waals surface area (Å²) in [7, 11) is 0. The van der Waals surface area contributed by atoms with Crippen LogP contribution in [0, 0.1) is 25.7 Å². The van der Waals surface area contributed by atoms with Gasteiger partial charge >= 0.3 is 0 Å². The van der Waals surface area contributed by atoms with Crippen LogP contribution in [0.3, 0.4) is 0 Å². The van der Waals surface area contributed by atoms with Crippen molar-refractivity contribution in [2.24, 2.45) is 11.8 Å². The van der Waals surface area contributed by atoms with E-state index in [1.807, 2.05) is 6.08 Å². The third-order valence-corrected chi connectivity index (χ3v) is 17.0. The molecule has 4 saturated carbocycles. The molecule has 354 valence electrons. The molecule has 5 aliphatic carbocycles. The number of hydrogen-bond donors (Lipinski definition) is 0. The molecule has 0 aliphatic heterocycles. The Kier molecular flexibility index (Phi) is 11.8. The van der Waals surface area contributed by atoms with Crippen molar-refractivity contribution >= 4 is 57.3 Å². The zero-order valence-electron chi connectivity index (χ0n) is 42.0. The number of unbranched alkanes of at least 4 members (excludes halogenated alkanes) is 1. The average Bonchev–Trinajstić information content (AvgIpc) is 3.39. The molecule has 4 bridgehead atoms. The molecule has 3 heteroatoms. The minimum Gasteiger partial charge on any atom is -0.311 e. The minimum absolute atomic E-state index is 0.229. The molecule has 71 heavy (non-hydrogen) atoms. The zero-order chi connectivity index (χ0) is 48.1. The average molecular weight is 926 g/mol. The van der Waals surface area contributed by atoms with Crippen LogP contribution in [-0.2, 0) is 30.1 Å². The molecular formula is C68H67N3. The second-order valence-electron chi connectivity index (χ2n) is 21.8. The second-order valence-corrected chi connectivity index (χ2v) is 21.8. The standard InChI is InChI=1S/C68H67N3/c1-5-7-8-51-15-28-60(29-16-51)70(61-31-22-57(23-32-61)68-45-52-41-53(46-68)44-67(43-52,47-68)56-20-13-50(6-2)14-21-56)63-35-39-65(40-36-63)71(66-30-19-54-17-18-55(54)42-66)64-37-33-62(34-38-64)69(58-24-9-48(3)10-25-58)59-26-11-49(4)12-27-59/h6,9-16,19-40,42,52-53H,2,5,7-8,17-18,41,43-47H2,1,3-4H3. The first-order valence-corrected chi connectivity index (χ1v) is 26.5. The summed E-state index contributed by atoms with van der Waals surface area (Å²) in [4.78, 5) is 7.25. The van der Waals surface area contributed by atoms with Crippen molar-refractivity contribution in [3.8, 4) is 0 Å². The van der Waals surface area contributed by atoms with Crippen molar-refractivity contribution in [3.63, 3.8) is 0 Å². The molecule has 3 nitrogen and oxygen atoms in total. The Labute approximate surface area is 423 Å². The maximum atomic E-state index is 4.03. The van der Waals surface area contributed by atoms with Gasteiger partial charge in [0.1, 0.15) is 0 Å². The topological polar surface area (TPSA) is 9.72 Å². The molecule has 0 amide bonds. The van der Waals surface area contributed by atoms with Crippen LogP contribution in [0.5, 0.6) is 0 Å². The highest BCUT2D eigenvalue weighted by Crippen LogP contribution is 2.66. The van der Waals surface area contributed by atoms with Gasteiger partial charge in [-0.25, -0.2) is 0 Å². The number of benzene rings is 8. The van der Waals surface area contributed by atoms with E-state index in [1.54, 1.807) is 5.56 Å². The number of aryl methyl sites for hydroxylation is 5. The van der Waals surface area contributed by atoms with Gasteiger partial charge in [0.2, 0.25) is 0 Å². The lowest BCUT2D eigenvalue weighted by Gasteiger charge is -2.63. The van der Waals surface area contributed by atoms with E-state index >= 15 is 0 Å². The number of anilines is 9. The molecule has 0 saturated heterocycles. The summed E-state index contributed by atoms with van der Waals surface area (Å²) < 4.78 is 0. The zero-order valence-corrected chi connectivity index (χ0v) is 42.0. The smallest absolute Gasteiger partial charge is 0.0464 e. The largest absolute Gasteiger partial charge is 0.311 e. The molecule has 5 aliphatic rings. The van der Waals surface area contributed by atoms with E-state index in [-0.39, 0.29) is 10.8 Å². The van der Waals surface area contributed by atoms with E-state index in [0.29, 0.717) is 0 Å². The van der Waals surface area contributed by atoms with Crippen molar-refractivity contribution in [2.45, 2.75) is 102 Å². The molecule has 0 N–H and O–H groups in total. The first kappa shape index (κ1) is 45.1. The van der Waals surface area contributed by atoms with Gasteiger partial charge in [-0.1, -0.05) is 116 Å². The van der Waals surface area contributed by atoms with E-state index in [9.17, 15) is 0 Å². The van der Waals surface area contributed by atoms with Crippen molar-refractivity contribution < 1.29 is 0 Å². The van der Waals surface area contributed by atoms with Crippen LogP contribution in [0.15, 0.2) is 195 Å². The molecule has 13 rings (SSSR count). The predicted octanol–water partition coefficient (Wildman–Crippen LogP) is 18.6. The molecule has 0 radical (unpaired) electrons. The summed E-state index contributed by atoms with van der Waals surface area (Å²) in [5, 5.41) is 0. The Morgan fingerprint density at radius 1 is 0.451 bits per heavy atom. The molecule has 8 aromatic rings. The van der Waals surface area contributed by atoms with Gasteiger partial charge in [0.05, 0.1) is 0 Å². The van der Waals surface area contributed by atoms with Crippen molar-refractivity contribution in [2.75, 3.05) is 14.7 Å². The van der Waals surface area contributed by atoms with E-state index in [0.717, 1.165) is 65.2 Å². The molecule has 4 fully saturated rings. The van der Waals surface area contributed by atoms with Crippen molar-refractivity contribution in [1.29, 1.82) is 0 Å². The van der Waals surface area contributed by atoms with Gasteiger partial charge in [0.15, 0.2) is 0 Å². The Balaban J connectivity index is 0.889. The Hall–Kier alpha value is -7.10. The predicted molar refractivity (Wildman–Crippen MR) is 301 cm³/mol. The summed E-state index contributed by atoms with van der Waals surface area (Å²) in [6, 6.07) is 71.8. The molecule has 0 spiro atoms. The molecule has 0 aromatic heterocycles. The maximum absolute atomic E-state index is 4.03. The van der Waals surface area contributed by atoms with Gasteiger partial charge in [-0.3, -0.25) is 0 Å². The van der Waals surface area contributed by atoms with Gasteiger partial charge in [-0.2, -0.15) is 0 Å². The summed E-state index contributed by atoms with van der Waals surface area (Å²) >= 11 is 0. The van der Waals surface area contributed by atoms with Crippen LogP contribution in [-0.4, -0.2) is 0 Å². The van der Waals surface area contributed by atoms with Crippen molar-refractivity contribution in [3.05, 3.63) is 239 Å². The van der Waals surface area contributed by atoms with Gasteiger partial charge in [0.25, 0.3) is 0 Å². The van der Waals surface area contributed by atoms with Crippen LogP contribution in [0.25, 0.3) is 6.08 Å². The molecular weight excluding hydrogens is 859 g/mol. The summed E-state index contributed by atoms with van der Waals surface area (Å²) in [6.07, 6.45) is 15.8. The van der Waals surface area contributed by atoms with Crippen LogP contribution in [0.1, 0.15) is 103 Å². The molecule has 2 atom stereocenters. The van der Waals surface area contributed by atoms with E-state index in [1.165, 1.54) is 107 Å². The quantitative estimate of drug-likeness (QED) is 0.101. The number of nitrogens with zero attached hydrogens (tertiary/aromatic N) is 3. The monoisotopic (exact) mass is 926 g/mol. The molecule has 0 heterocycles. The Morgan fingerprint density at radius 2 is 0.817 bits per heavy atom. The maximum Gasteiger partial charge on any atom is 0.0464 e. The Bertz CT molecular complexity index is 3090. The second kappa shape index (κ2) is 18.6. The van der Waals surface area contributed by atoms with Crippen LogP contribution in [0.4, 0.5) is 51.2 Å². The number of fused-ring (bicyclic) bond motifs is 1. The SMILES string of the molecule is C=Cc1ccc(C23CC4CC(C2)CC(c2ccc(N(c5ccc(CCCC)cc5)c5ccc(N(c6ccc(N(c7ccc(C)cc7)c7ccc(C)cc7)cc6)c6ccc7c(c6)CC7)cc5)cc2)(C4)C3)cc1. The summed E-state index contributed by atoms with van der Waals surface area (Å²) in [5.41, 5.74) is 22.0. The first-order valence-electron chi connectivity index (χ1n) is 26.5. The summed E-state index contributed by atoms with van der Waals surface area (Å²) in [6.45, 7) is 10.6. The normalized spacial score (nSPS) is 20.5. The van der Waals surface area contributed by atoms with E-state index in [2.05, 4.69) is 230 Å². The van der Waals surface area contributed by atoms with Crippen molar-refractivity contribution in [1.82, 2.24) is 0 Å². The molecule has 8 aromatic carbocycles. The van der Waals surface area contributed by atoms with Crippen LogP contribution in [0.2, 0.25) is 0 Å². The highest BCUT2D eigenvalue weighted by Gasteiger charge is 2.58. The van der Waals surface area contributed by atoms with Gasteiger partial charge in [0, 0.05) is 51.2 Å². The van der Waals surface area contributed by atoms with Gasteiger partial charge in [-0.15, -0.1) is 0 Å². The fourth-order valence-corrected chi connectivity index (χ4v) is 13.6. The summed E-state index contributed by atoms with van der Waals surface area (Å²) in [5.74, 6) is 1.60. The Morgan fingerprint density at radius 3 is 1.21 bits per heavy atom. The third-order valence-electron chi connectivity index (χ3n) is 17.0. The number of rotatable bonds is 15. The van der Waals surface area contributed by atoms with Gasteiger partial charge < -0.3 is 14.7 Å². The molecule has 2 unspecified atom stereocenters. The highest BCUT2D eigenvalue weighted by molar-refractivity contribution is 5.84. The van der Waals surface area contributed by atoms with Crippen LogP contribution >= 0.6 is 0 Å². The number of hydrogen-bond acceptors (Lipinski definition) is 3. The van der Waals surface area contributed by atoms with E-state index in [4.69, 9.17) is 0 Å². The van der Waals surface area contributed by atoms with E-state index < -0.39 is 0 Å². The lowest BCUT2D eigenvalue weighted by Crippen LogP contribution is -2.55. The van der Waals surface area contributed by atoms with Crippen LogP contribution < -0.4 is 14.7 Å². The highest BCUT2D eigenvalue weighted by atomic mass is 15.2. The fraction of sp³-hybridized carbons (Fsp3) is 0.265.